The fourth-order valence-corrected chi connectivity index (χ4v) is 2.69. The summed E-state index contributed by atoms with van der Waals surface area (Å²) in [7, 11) is 0. The second kappa shape index (κ2) is 2.84. The quantitative estimate of drug-likeness (QED) is 0.625. The molecule has 1 saturated carbocycles. The van der Waals surface area contributed by atoms with Gasteiger partial charge in [-0.25, -0.2) is 0 Å². The Hall–Kier alpha value is -0.160. The molecular formula is C8H13NS. The van der Waals surface area contributed by atoms with E-state index in [1.165, 1.54) is 6.42 Å². The lowest BCUT2D eigenvalue weighted by Crippen LogP contribution is -2.02. The van der Waals surface area contributed by atoms with Crippen molar-refractivity contribution in [2.45, 2.75) is 31.4 Å². The van der Waals surface area contributed by atoms with E-state index in [1.54, 1.807) is 0 Å². The van der Waals surface area contributed by atoms with E-state index in [4.69, 9.17) is 5.26 Å². The third kappa shape index (κ3) is 1.15. The first kappa shape index (κ1) is 7.94. The van der Waals surface area contributed by atoms with Crippen LogP contribution in [0, 0.1) is 17.2 Å². The summed E-state index contributed by atoms with van der Waals surface area (Å²) >= 11 is 1.82. The number of rotatable bonds is 3. The van der Waals surface area contributed by atoms with Crippen molar-refractivity contribution >= 4 is 11.8 Å². The van der Waals surface area contributed by atoms with Gasteiger partial charge in [0.15, 0.2) is 0 Å². The summed E-state index contributed by atoms with van der Waals surface area (Å²) in [6, 6.07) is 2.42. The Morgan fingerprint density at radius 2 is 2.40 bits per heavy atom. The second-order valence-electron chi connectivity index (χ2n) is 2.74. The predicted octanol–water partition coefficient (Wildman–Crippen LogP) is 2.43. The maximum Gasteiger partial charge on any atom is 0.106 e. The first-order valence-corrected chi connectivity index (χ1v) is 4.82. The van der Waals surface area contributed by atoms with Gasteiger partial charge in [-0.2, -0.15) is 5.26 Å². The van der Waals surface area contributed by atoms with Crippen molar-refractivity contribution in [3.8, 4) is 6.07 Å². The van der Waals surface area contributed by atoms with E-state index in [0.717, 1.165) is 12.2 Å². The second-order valence-corrected chi connectivity index (χ2v) is 4.34. The van der Waals surface area contributed by atoms with Crippen molar-refractivity contribution in [3.05, 3.63) is 0 Å². The molecule has 1 rings (SSSR count). The Morgan fingerprint density at radius 1 is 1.70 bits per heavy atom. The SMILES string of the molecule is CCSC1(C#N)CC1CC. The van der Waals surface area contributed by atoms with Crippen molar-refractivity contribution < 1.29 is 0 Å². The molecule has 56 valence electrons. The summed E-state index contributed by atoms with van der Waals surface area (Å²) in [6.45, 7) is 4.29. The van der Waals surface area contributed by atoms with E-state index < -0.39 is 0 Å². The molecule has 2 atom stereocenters. The van der Waals surface area contributed by atoms with Crippen LogP contribution >= 0.6 is 11.8 Å². The fourth-order valence-electron chi connectivity index (χ4n) is 1.38. The van der Waals surface area contributed by atoms with Crippen LogP contribution in [-0.4, -0.2) is 10.5 Å². The van der Waals surface area contributed by atoms with Crippen molar-refractivity contribution in [1.82, 2.24) is 0 Å². The molecule has 0 bridgehead atoms. The molecule has 0 heterocycles. The van der Waals surface area contributed by atoms with Gasteiger partial charge in [-0.1, -0.05) is 20.3 Å². The molecular weight excluding hydrogens is 142 g/mol. The molecule has 10 heavy (non-hydrogen) atoms. The molecule has 0 aliphatic heterocycles. The van der Waals surface area contributed by atoms with Crippen LogP contribution in [0.5, 0.6) is 0 Å². The first-order chi connectivity index (χ1) is 4.79. The van der Waals surface area contributed by atoms with Gasteiger partial charge in [0, 0.05) is 0 Å². The monoisotopic (exact) mass is 155 g/mol. The van der Waals surface area contributed by atoms with Crippen LogP contribution in [0.15, 0.2) is 0 Å². The lowest BCUT2D eigenvalue weighted by Gasteiger charge is -2.03. The summed E-state index contributed by atoms with van der Waals surface area (Å²) in [5.41, 5.74) is 0. The third-order valence-corrected chi connectivity index (χ3v) is 3.53. The topological polar surface area (TPSA) is 23.8 Å². The molecule has 1 nitrogen and oxygen atoms in total. The number of thioether (sulfide) groups is 1. The summed E-state index contributed by atoms with van der Waals surface area (Å²) in [5.74, 6) is 1.76. The minimum absolute atomic E-state index is 0.0313. The van der Waals surface area contributed by atoms with Crippen LogP contribution in [0.3, 0.4) is 0 Å². The highest BCUT2D eigenvalue weighted by molar-refractivity contribution is 8.01. The molecule has 1 aliphatic rings. The molecule has 1 aliphatic carbocycles. The molecule has 2 heteroatoms. The maximum absolute atomic E-state index is 8.82. The third-order valence-electron chi connectivity index (χ3n) is 2.13. The average Bonchev–Trinajstić information content (AvgIpc) is 2.65. The number of nitrogens with zero attached hydrogens (tertiary/aromatic N) is 1. The Bertz CT molecular complexity index is 161. The van der Waals surface area contributed by atoms with E-state index >= 15 is 0 Å². The zero-order valence-corrected chi connectivity index (χ0v) is 7.37. The normalized spacial score (nSPS) is 37.1. The minimum Gasteiger partial charge on any atom is -0.197 e. The van der Waals surface area contributed by atoms with Gasteiger partial charge < -0.3 is 0 Å². The van der Waals surface area contributed by atoms with Crippen LogP contribution in [0.25, 0.3) is 0 Å². The summed E-state index contributed by atoms with van der Waals surface area (Å²) < 4.78 is 0.0313. The molecule has 2 unspecified atom stereocenters. The van der Waals surface area contributed by atoms with E-state index in [9.17, 15) is 0 Å². The van der Waals surface area contributed by atoms with E-state index in [1.807, 2.05) is 11.8 Å². The van der Waals surface area contributed by atoms with Crippen LogP contribution in [-0.2, 0) is 0 Å². The Labute approximate surface area is 66.8 Å². The van der Waals surface area contributed by atoms with E-state index in [-0.39, 0.29) is 4.75 Å². The van der Waals surface area contributed by atoms with E-state index in [0.29, 0.717) is 5.92 Å². The van der Waals surface area contributed by atoms with Crippen LogP contribution in [0.2, 0.25) is 0 Å². The smallest absolute Gasteiger partial charge is 0.106 e. The predicted molar refractivity (Wildman–Crippen MR) is 44.9 cm³/mol. The van der Waals surface area contributed by atoms with Gasteiger partial charge in [0.25, 0.3) is 0 Å². The van der Waals surface area contributed by atoms with Crippen LogP contribution in [0.4, 0.5) is 0 Å². The van der Waals surface area contributed by atoms with Gasteiger partial charge in [-0.3, -0.25) is 0 Å². The van der Waals surface area contributed by atoms with Crippen molar-refractivity contribution in [2.75, 3.05) is 5.75 Å². The Morgan fingerprint density at radius 3 is 2.70 bits per heavy atom. The molecule has 0 spiro atoms. The minimum atomic E-state index is 0.0313. The van der Waals surface area contributed by atoms with Gasteiger partial charge in [-0.15, -0.1) is 11.8 Å². The van der Waals surface area contributed by atoms with E-state index in [2.05, 4.69) is 19.9 Å². The summed E-state index contributed by atoms with van der Waals surface area (Å²) in [6.07, 6.45) is 2.29. The fraction of sp³-hybridized carbons (Fsp3) is 0.875. The maximum atomic E-state index is 8.82. The average molecular weight is 155 g/mol. The largest absolute Gasteiger partial charge is 0.197 e. The first-order valence-electron chi connectivity index (χ1n) is 3.84. The molecule has 0 radical (unpaired) electrons. The number of nitriles is 1. The van der Waals surface area contributed by atoms with Gasteiger partial charge in [0.05, 0.1) is 6.07 Å². The molecule has 0 aromatic rings. The van der Waals surface area contributed by atoms with Crippen LogP contribution < -0.4 is 0 Å². The van der Waals surface area contributed by atoms with Crippen molar-refractivity contribution in [1.29, 1.82) is 5.26 Å². The highest BCUT2D eigenvalue weighted by atomic mass is 32.2. The molecule has 0 N–H and O–H groups in total. The highest BCUT2D eigenvalue weighted by Crippen LogP contribution is 2.55. The molecule has 0 saturated heterocycles. The highest BCUT2D eigenvalue weighted by Gasteiger charge is 2.53. The van der Waals surface area contributed by atoms with Gasteiger partial charge in [-0.05, 0) is 18.1 Å². The lowest BCUT2D eigenvalue weighted by molar-refractivity contribution is 0.776. The van der Waals surface area contributed by atoms with Gasteiger partial charge in [0.2, 0.25) is 0 Å². The summed E-state index contributed by atoms with van der Waals surface area (Å²) in [5, 5.41) is 8.82. The Balaban J connectivity index is 2.44. The molecule has 0 aromatic carbocycles. The Kier molecular flexibility index (Phi) is 2.25. The number of hydrogen-bond acceptors (Lipinski definition) is 2. The van der Waals surface area contributed by atoms with Crippen LogP contribution in [0.1, 0.15) is 26.7 Å². The van der Waals surface area contributed by atoms with Gasteiger partial charge in [0.1, 0.15) is 4.75 Å². The molecule has 0 amide bonds. The van der Waals surface area contributed by atoms with Gasteiger partial charge >= 0.3 is 0 Å². The molecule has 0 aromatic heterocycles. The zero-order chi connectivity index (χ0) is 7.61. The lowest BCUT2D eigenvalue weighted by atomic mass is 10.3. The zero-order valence-electron chi connectivity index (χ0n) is 6.55. The number of hydrogen-bond donors (Lipinski definition) is 0. The standard InChI is InChI=1S/C8H13NS/c1-3-7-5-8(7,6-9)10-4-2/h7H,3-5H2,1-2H3. The summed E-state index contributed by atoms with van der Waals surface area (Å²) in [4.78, 5) is 0. The van der Waals surface area contributed by atoms with Crippen molar-refractivity contribution in [2.24, 2.45) is 5.92 Å². The van der Waals surface area contributed by atoms with Crippen molar-refractivity contribution in [3.63, 3.8) is 0 Å². The molecule has 1 fully saturated rings.